The minimum Gasteiger partial charge on any atom is -0.399 e. The van der Waals surface area contributed by atoms with E-state index in [-0.39, 0.29) is 22.8 Å². The molecule has 0 saturated heterocycles. The van der Waals surface area contributed by atoms with E-state index in [1.54, 1.807) is 0 Å². The molecule has 0 fully saturated rings. The molecule has 0 saturated carbocycles. The SMILES string of the molecule is Nc1ccc(-c2ccc(CC3=CC(=O)c4ncncc4C3=O)cc2)cc1. The van der Waals surface area contributed by atoms with Gasteiger partial charge < -0.3 is 5.73 Å². The Bertz CT molecular complexity index is 1040. The molecule has 5 heteroatoms. The van der Waals surface area contributed by atoms with Crippen molar-refractivity contribution in [3.8, 4) is 11.1 Å². The van der Waals surface area contributed by atoms with Crippen LogP contribution in [0.4, 0.5) is 5.69 Å². The predicted molar refractivity (Wildman–Crippen MR) is 98.8 cm³/mol. The van der Waals surface area contributed by atoms with Crippen molar-refractivity contribution in [1.82, 2.24) is 9.97 Å². The molecule has 126 valence electrons. The van der Waals surface area contributed by atoms with Crippen molar-refractivity contribution >= 4 is 17.3 Å². The highest BCUT2D eigenvalue weighted by atomic mass is 16.1. The zero-order chi connectivity index (χ0) is 18.1. The summed E-state index contributed by atoms with van der Waals surface area (Å²) < 4.78 is 0. The van der Waals surface area contributed by atoms with Gasteiger partial charge in [-0.25, -0.2) is 9.97 Å². The normalized spacial score (nSPS) is 13.3. The summed E-state index contributed by atoms with van der Waals surface area (Å²) in [5.74, 6) is -0.446. The van der Waals surface area contributed by atoms with E-state index >= 15 is 0 Å². The highest BCUT2D eigenvalue weighted by molar-refractivity contribution is 6.23. The van der Waals surface area contributed by atoms with Crippen molar-refractivity contribution in [2.45, 2.75) is 6.42 Å². The number of ketones is 2. The topological polar surface area (TPSA) is 85.9 Å². The van der Waals surface area contributed by atoms with Crippen molar-refractivity contribution in [1.29, 1.82) is 0 Å². The standard InChI is InChI=1S/C21H15N3O2/c22-17-7-5-15(6-8-17)14-3-1-13(2-4-14)9-16-10-19(25)20-18(21(16)26)11-23-12-24-20/h1-8,10-12H,9,22H2. The molecular formula is C21H15N3O2. The van der Waals surface area contributed by atoms with Crippen LogP contribution >= 0.6 is 0 Å². The van der Waals surface area contributed by atoms with Gasteiger partial charge in [0.05, 0.1) is 5.56 Å². The Morgan fingerprint density at radius 1 is 0.885 bits per heavy atom. The van der Waals surface area contributed by atoms with Crippen molar-refractivity contribution < 1.29 is 9.59 Å². The van der Waals surface area contributed by atoms with Crippen LogP contribution in [-0.2, 0) is 6.42 Å². The third-order valence-corrected chi connectivity index (χ3v) is 4.38. The summed E-state index contributed by atoms with van der Waals surface area (Å²) in [5, 5.41) is 0. The van der Waals surface area contributed by atoms with Crippen LogP contribution in [0.2, 0.25) is 0 Å². The second-order valence-corrected chi connectivity index (χ2v) is 6.14. The highest BCUT2D eigenvalue weighted by Gasteiger charge is 2.26. The van der Waals surface area contributed by atoms with Crippen molar-refractivity contribution in [2.24, 2.45) is 0 Å². The van der Waals surface area contributed by atoms with Crippen LogP contribution in [0.1, 0.15) is 26.4 Å². The Morgan fingerprint density at radius 2 is 1.54 bits per heavy atom. The Balaban J connectivity index is 1.57. The smallest absolute Gasteiger partial charge is 0.205 e. The van der Waals surface area contributed by atoms with Crippen LogP contribution in [0, 0.1) is 0 Å². The lowest BCUT2D eigenvalue weighted by molar-refractivity contribution is 0.0978. The minimum atomic E-state index is -0.254. The molecule has 0 radical (unpaired) electrons. The number of hydrogen-bond acceptors (Lipinski definition) is 5. The zero-order valence-electron chi connectivity index (χ0n) is 13.8. The monoisotopic (exact) mass is 341 g/mol. The van der Waals surface area contributed by atoms with Gasteiger partial charge in [-0.2, -0.15) is 0 Å². The number of aromatic nitrogens is 2. The van der Waals surface area contributed by atoms with Gasteiger partial charge in [0.25, 0.3) is 0 Å². The highest BCUT2D eigenvalue weighted by Crippen LogP contribution is 2.24. The van der Waals surface area contributed by atoms with E-state index in [4.69, 9.17) is 5.73 Å². The van der Waals surface area contributed by atoms with E-state index in [0.29, 0.717) is 12.0 Å². The Labute approximate surface area is 150 Å². The van der Waals surface area contributed by atoms with Gasteiger partial charge in [0.1, 0.15) is 12.0 Å². The van der Waals surface area contributed by atoms with Gasteiger partial charge in [-0.15, -0.1) is 0 Å². The number of carbonyl (C=O) groups is 2. The van der Waals surface area contributed by atoms with Gasteiger partial charge in [-0.3, -0.25) is 9.59 Å². The number of rotatable bonds is 3. The Morgan fingerprint density at radius 3 is 2.23 bits per heavy atom. The second kappa shape index (κ2) is 6.37. The lowest BCUT2D eigenvalue weighted by atomic mass is 9.90. The number of anilines is 1. The first-order chi connectivity index (χ1) is 12.6. The maximum Gasteiger partial charge on any atom is 0.205 e. The second-order valence-electron chi connectivity index (χ2n) is 6.14. The molecule has 1 aliphatic rings. The van der Waals surface area contributed by atoms with E-state index in [2.05, 4.69) is 9.97 Å². The molecule has 5 nitrogen and oxygen atoms in total. The van der Waals surface area contributed by atoms with Gasteiger partial charge in [-0.05, 0) is 34.9 Å². The predicted octanol–water partition coefficient (Wildman–Crippen LogP) is 3.27. The first-order valence-corrected chi connectivity index (χ1v) is 8.16. The Hall–Kier alpha value is -3.60. The van der Waals surface area contributed by atoms with E-state index < -0.39 is 0 Å². The number of nitrogens with zero attached hydrogens (tertiary/aromatic N) is 2. The molecule has 2 N–H and O–H groups in total. The number of nitrogens with two attached hydrogens (primary N) is 1. The zero-order valence-corrected chi connectivity index (χ0v) is 13.8. The van der Waals surface area contributed by atoms with Crippen molar-refractivity contribution in [2.75, 3.05) is 5.73 Å². The van der Waals surface area contributed by atoms with Gasteiger partial charge >= 0.3 is 0 Å². The van der Waals surface area contributed by atoms with Crippen molar-refractivity contribution in [3.63, 3.8) is 0 Å². The van der Waals surface area contributed by atoms with Crippen LogP contribution in [-0.4, -0.2) is 21.5 Å². The third kappa shape index (κ3) is 2.91. The number of fused-ring (bicyclic) bond motifs is 1. The van der Waals surface area contributed by atoms with Gasteiger partial charge in [0.2, 0.25) is 5.78 Å². The number of Topliss-reactive ketones (excluding diaryl/α,β-unsaturated/α-hetero) is 1. The van der Waals surface area contributed by atoms with Gasteiger partial charge in [0, 0.05) is 23.9 Å². The summed E-state index contributed by atoms with van der Waals surface area (Å²) in [6.07, 6.45) is 4.45. The molecule has 4 rings (SSSR count). The fourth-order valence-corrected chi connectivity index (χ4v) is 3.00. The first-order valence-electron chi connectivity index (χ1n) is 8.16. The van der Waals surface area contributed by atoms with Crippen molar-refractivity contribution in [3.05, 3.63) is 89.5 Å². The van der Waals surface area contributed by atoms with Crippen LogP contribution < -0.4 is 5.73 Å². The van der Waals surface area contributed by atoms with E-state index in [9.17, 15) is 9.59 Å². The molecule has 0 atom stereocenters. The summed E-state index contributed by atoms with van der Waals surface area (Å²) in [5.41, 5.74) is 10.4. The summed E-state index contributed by atoms with van der Waals surface area (Å²) in [6.45, 7) is 0. The lowest BCUT2D eigenvalue weighted by Crippen LogP contribution is -2.20. The van der Waals surface area contributed by atoms with E-state index in [1.165, 1.54) is 18.6 Å². The third-order valence-electron chi connectivity index (χ3n) is 4.38. The largest absolute Gasteiger partial charge is 0.399 e. The molecule has 0 aliphatic heterocycles. The molecule has 26 heavy (non-hydrogen) atoms. The molecule has 1 aliphatic carbocycles. The maximum absolute atomic E-state index is 12.6. The summed E-state index contributed by atoms with van der Waals surface area (Å²) in [4.78, 5) is 32.5. The molecule has 1 heterocycles. The van der Waals surface area contributed by atoms with E-state index in [1.807, 2.05) is 48.5 Å². The summed E-state index contributed by atoms with van der Waals surface area (Å²) in [6, 6.07) is 15.6. The quantitative estimate of drug-likeness (QED) is 0.739. The summed E-state index contributed by atoms with van der Waals surface area (Å²) in [7, 11) is 0. The van der Waals surface area contributed by atoms with Crippen LogP contribution in [0.25, 0.3) is 11.1 Å². The molecule has 0 spiro atoms. The molecule has 0 amide bonds. The first kappa shape index (κ1) is 15.9. The van der Waals surface area contributed by atoms with E-state index in [0.717, 1.165) is 22.4 Å². The Kier molecular flexibility index (Phi) is 3.89. The minimum absolute atomic E-state index is 0.174. The van der Waals surface area contributed by atoms with Crippen LogP contribution in [0.5, 0.6) is 0 Å². The van der Waals surface area contributed by atoms with Gasteiger partial charge in [0.15, 0.2) is 5.78 Å². The number of benzene rings is 2. The maximum atomic E-state index is 12.6. The van der Waals surface area contributed by atoms with Gasteiger partial charge in [-0.1, -0.05) is 36.4 Å². The average Bonchev–Trinajstić information content (AvgIpc) is 2.67. The van der Waals surface area contributed by atoms with Crippen LogP contribution in [0.15, 0.2) is 72.7 Å². The average molecular weight is 341 g/mol. The number of hydrogen-bond donors (Lipinski definition) is 1. The molecule has 0 unspecified atom stereocenters. The molecule has 2 aromatic carbocycles. The number of allylic oxidation sites excluding steroid dienone is 2. The number of nitrogen functional groups attached to an aromatic ring is 1. The fourth-order valence-electron chi connectivity index (χ4n) is 3.00. The van der Waals surface area contributed by atoms with Crippen LogP contribution in [0.3, 0.4) is 0 Å². The summed E-state index contributed by atoms with van der Waals surface area (Å²) >= 11 is 0. The molecule has 1 aromatic heterocycles. The fraction of sp³-hybridized carbons (Fsp3) is 0.0476. The lowest BCUT2D eigenvalue weighted by Gasteiger charge is -2.14. The molecule has 3 aromatic rings. The molecule has 0 bridgehead atoms. The number of carbonyl (C=O) groups excluding carboxylic acids is 2. The molecular weight excluding hydrogens is 326 g/mol.